The number of nitrogens with zero attached hydrogens (tertiary/aromatic N) is 2. The fourth-order valence-electron chi connectivity index (χ4n) is 6.45. The van der Waals surface area contributed by atoms with Crippen LogP contribution in [0.2, 0.25) is 0 Å². The molecule has 0 unspecified atom stereocenters. The van der Waals surface area contributed by atoms with Crippen LogP contribution in [0.3, 0.4) is 0 Å². The van der Waals surface area contributed by atoms with Crippen LogP contribution in [0.15, 0.2) is 77.7 Å². The Bertz CT molecular complexity index is 1830. The molecule has 2 N–H and O–H groups in total. The molecule has 0 atom stereocenters. The third-order valence-electron chi connectivity index (χ3n) is 9.17. The second-order valence-corrected chi connectivity index (χ2v) is 13.3. The second kappa shape index (κ2) is 23.9. The van der Waals surface area contributed by atoms with Gasteiger partial charge in [-0.2, -0.15) is 0 Å². The van der Waals surface area contributed by atoms with Gasteiger partial charge in [-0.25, -0.2) is 8.78 Å². The number of hydrogen-bond donors (Lipinski definition) is 2. The molecule has 53 heavy (non-hydrogen) atoms. The molecule has 4 rings (SSSR count). The number of pyridine rings is 2. The van der Waals surface area contributed by atoms with Crippen LogP contribution < -0.4 is 45.5 Å². The zero-order valence-electron chi connectivity index (χ0n) is 30.9. The summed E-state index contributed by atoms with van der Waals surface area (Å²) in [6.45, 7) is -0.294. The quantitative estimate of drug-likeness (QED) is 0.0666. The van der Waals surface area contributed by atoms with E-state index in [2.05, 4.69) is 17.5 Å². The zero-order chi connectivity index (χ0) is 37.1. The molecular formula is C42H50F2N3NaO5. The normalized spacial score (nSPS) is 11.2. The van der Waals surface area contributed by atoms with E-state index >= 15 is 0 Å². The van der Waals surface area contributed by atoms with Crippen LogP contribution in [-0.4, -0.2) is 39.7 Å². The summed E-state index contributed by atoms with van der Waals surface area (Å²) < 4.78 is 28.9. The van der Waals surface area contributed by atoms with E-state index in [1.54, 1.807) is 18.3 Å². The van der Waals surface area contributed by atoms with Gasteiger partial charge in [0.05, 0.1) is 17.6 Å². The summed E-state index contributed by atoms with van der Waals surface area (Å²) in [5.41, 5.74) is 3.00. The maximum Gasteiger partial charge on any atom is 1.00 e. The number of fused-ring (bicyclic) bond motifs is 1. The summed E-state index contributed by atoms with van der Waals surface area (Å²) >= 11 is 0. The summed E-state index contributed by atoms with van der Waals surface area (Å²) in [7, 11) is 0. The number of aliphatic hydroxyl groups excluding tert-OH is 1. The first-order chi connectivity index (χ1) is 25.3. The first-order valence-electron chi connectivity index (χ1n) is 18.6. The van der Waals surface area contributed by atoms with Gasteiger partial charge in [0.2, 0.25) is 0 Å². The van der Waals surface area contributed by atoms with Crippen molar-refractivity contribution in [3.63, 3.8) is 0 Å². The van der Waals surface area contributed by atoms with E-state index < -0.39 is 23.3 Å². The minimum Gasteiger partial charge on any atom is -0.550 e. The van der Waals surface area contributed by atoms with Crippen molar-refractivity contribution >= 4 is 22.9 Å². The first kappa shape index (κ1) is 43.7. The summed E-state index contributed by atoms with van der Waals surface area (Å²) in [6.07, 6.45) is 20.3. The Morgan fingerprint density at radius 2 is 1.36 bits per heavy atom. The molecule has 0 spiro atoms. The van der Waals surface area contributed by atoms with E-state index in [0.717, 1.165) is 88.2 Å². The zero-order valence-corrected chi connectivity index (χ0v) is 32.9. The number of benzene rings is 2. The summed E-state index contributed by atoms with van der Waals surface area (Å²) in [5.74, 6) is -2.35. The number of carboxylic acids is 1. The number of hydrogen-bond acceptors (Lipinski definition) is 6. The number of carboxylic acid groups (broad SMARTS) is 1. The minimum absolute atomic E-state index is 0. The third kappa shape index (κ3) is 14.2. The molecule has 0 aliphatic heterocycles. The van der Waals surface area contributed by atoms with Crippen molar-refractivity contribution in [2.24, 2.45) is 0 Å². The molecule has 1 amide bonds. The van der Waals surface area contributed by atoms with Crippen molar-refractivity contribution in [1.29, 1.82) is 0 Å². The SMILES string of the molecule is O=C([O-])CCCCCCC/C=C\CCCCCCCCc1c(C(=O)NCCO)c(=O)n(-c2ccc(F)cc2)c2cc(Cc3ccc(F)cc3)cnc12.[Na+]. The first-order valence-corrected chi connectivity index (χ1v) is 18.6. The van der Waals surface area contributed by atoms with Gasteiger partial charge in [-0.05, 0) is 117 Å². The number of allylic oxidation sites excluding steroid dienone is 2. The number of carbonyl (C=O) groups is 2. The van der Waals surface area contributed by atoms with Gasteiger partial charge in [-0.3, -0.25) is 19.1 Å². The number of carbonyl (C=O) groups excluding carboxylic acids is 2. The van der Waals surface area contributed by atoms with Crippen LogP contribution >= 0.6 is 0 Å². The summed E-state index contributed by atoms with van der Waals surface area (Å²) in [6, 6.07) is 13.5. The molecular weight excluding hydrogens is 687 g/mol. The standard InChI is InChI=1S/C42H51F2N3O5.Na/c43-33-20-18-31(19-21-33)28-32-29-37-40(46-30-32)36(39(41(51)45-26-27-48)42(52)47(37)35-24-22-34(44)23-25-35)16-14-12-10-8-6-4-2-1-3-5-7-9-11-13-15-17-38(49)50;/h1,3,18-25,29-30,48H,2,4-17,26-28H2,(H,45,51)(H,49,50);/q;+1/p-1/b3-1-;. The fourth-order valence-corrected chi connectivity index (χ4v) is 6.45. The monoisotopic (exact) mass is 737 g/mol. The number of aliphatic hydroxyl groups is 1. The van der Waals surface area contributed by atoms with E-state index in [-0.39, 0.29) is 60.5 Å². The maximum absolute atomic E-state index is 14.2. The number of nitrogens with one attached hydrogen (secondary N) is 1. The third-order valence-corrected chi connectivity index (χ3v) is 9.17. The summed E-state index contributed by atoms with van der Waals surface area (Å²) in [5, 5.41) is 22.5. The molecule has 0 radical (unpaired) electrons. The van der Waals surface area contributed by atoms with Gasteiger partial charge < -0.3 is 20.3 Å². The molecule has 11 heteroatoms. The average Bonchev–Trinajstić information content (AvgIpc) is 3.13. The Morgan fingerprint density at radius 3 is 1.96 bits per heavy atom. The van der Waals surface area contributed by atoms with Gasteiger partial charge in [0, 0.05) is 24.4 Å². The molecule has 2 heterocycles. The number of aryl methyl sites for hydroxylation is 1. The van der Waals surface area contributed by atoms with Crippen molar-refractivity contribution in [2.45, 2.75) is 103 Å². The van der Waals surface area contributed by atoms with Crippen LogP contribution in [0, 0.1) is 11.6 Å². The van der Waals surface area contributed by atoms with E-state index in [1.165, 1.54) is 41.0 Å². The Morgan fingerprint density at radius 1 is 0.792 bits per heavy atom. The molecule has 0 aliphatic carbocycles. The van der Waals surface area contributed by atoms with Crippen molar-refractivity contribution in [3.8, 4) is 5.69 Å². The van der Waals surface area contributed by atoms with E-state index in [4.69, 9.17) is 4.98 Å². The Kier molecular flexibility index (Phi) is 19.7. The van der Waals surface area contributed by atoms with Gasteiger partial charge in [-0.15, -0.1) is 0 Å². The van der Waals surface area contributed by atoms with Crippen molar-refractivity contribution in [3.05, 3.63) is 117 Å². The molecule has 278 valence electrons. The number of aliphatic carboxylic acids is 1. The molecule has 2 aromatic carbocycles. The van der Waals surface area contributed by atoms with Crippen molar-refractivity contribution in [1.82, 2.24) is 14.9 Å². The second-order valence-electron chi connectivity index (χ2n) is 13.3. The number of rotatable bonds is 23. The number of amides is 1. The number of halogens is 2. The van der Waals surface area contributed by atoms with Gasteiger partial charge in [-0.1, -0.05) is 69.2 Å². The largest absolute Gasteiger partial charge is 1.00 e. The smallest absolute Gasteiger partial charge is 0.550 e. The van der Waals surface area contributed by atoms with Gasteiger partial charge >= 0.3 is 29.6 Å². The molecule has 0 saturated carbocycles. The fraction of sp³-hybridized carbons (Fsp3) is 0.429. The molecule has 2 aromatic heterocycles. The van der Waals surface area contributed by atoms with E-state index in [9.17, 15) is 33.4 Å². The minimum atomic E-state index is -0.968. The predicted octanol–water partition coefficient (Wildman–Crippen LogP) is 4.29. The predicted molar refractivity (Wildman–Crippen MR) is 198 cm³/mol. The summed E-state index contributed by atoms with van der Waals surface area (Å²) in [4.78, 5) is 43.0. The van der Waals surface area contributed by atoms with Crippen LogP contribution in [0.4, 0.5) is 8.78 Å². The van der Waals surface area contributed by atoms with Gasteiger partial charge in [0.15, 0.2) is 0 Å². The number of aromatic nitrogens is 2. The molecule has 0 bridgehead atoms. The van der Waals surface area contributed by atoms with Gasteiger partial charge in [0.25, 0.3) is 11.5 Å². The average molecular weight is 738 g/mol. The van der Waals surface area contributed by atoms with Gasteiger partial charge in [0.1, 0.15) is 17.2 Å². The van der Waals surface area contributed by atoms with Crippen LogP contribution in [-0.2, 0) is 17.6 Å². The van der Waals surface area contributed by atoms with Crippen molar-refractivity contribution in [2.75, 3.05) is 13.2 Å². The molecule has 0 saturated heterocycles. The van der Waals surface area contributed by atoms with E-state index in [0.29, 0.717) is 41.5 Å². The van der Waals surface area contributed by atoms with E-state index in [1.807, 2.05) is 6.07 Å². The topological polar surface area (TPSA) is 124 Å². The van der Waals surface area contributed by atoms with Crippen LogP contribution in [0.25, 0.3) is 16.7 Å². The van der Waals surface area contributed by atoms with Crippen LogP contribution in [0.1, 0.15) is 117 Å². The molecule has 0 aliphatic rings. The Hall–Kier alpha value is -3.70. The molecule has 8 nitrogen and oxygen atoms in total. The van der Waals surface area contributed by atoms with Crippen LogP contribution in [0.5, 0.6) is 0 Å². The maximum atomic E-state index is 14.2. The van der Waals surface area contributed by atoms with Crippen molar-refractivity contribution < 1.29 is 58.1 Å². The molecule has 0 fully saturated rings. The molecule has 4 aromatic rings. The Balaban J connectivity index is 0.00000756. The number of unbranched alkanes of at least 4 members (excludes halogenated alkanes) is 11. The Labute approximate surface area is 333 Å².